The number of anilines is 4. The molecule has 0 unspecified atom stereocenters. The van der Waals surface area contributed by atoms with E-state index in [0.717, 1.165) is 50.6 Å². The highest BCUT2D eigenvalue weighted by atomic mass is 16.5. The normalized spacial score (nSPS) is 13.2. The quantitative estimate of drug-likeness (QED) is 0.152. The molecule has 0 aliphatic carbocycles. The number of nitrogens with zero attached hydrogens (tertiary/aromatic N) is 4. The number of pyridine rings is 1. The van der Waals surface area contributed by atoms with E-state index >= 15 is 0 Å². The number of para-hydroxylation sites is 1. The van der Waals surface area contributed by atoms with Gasteiger partial charge in [-0.05, 0) is 136 Å². The summed E-state index contributed by atoms with van der Waals surface area (Å²) in [5.74, 6) is 2.43. The zero-order valence-electron chi connectivity index (χ0n) is 40.1. The minimum Gasteiger partial charge on any atom is -0.457 e. The average Bonchev–Trinajstić information content (AvgIpc) is 3.84. The molecule has 0 amide bonds. The summed E-state index contributed by atoms with van der Waals surface area (Å²) in [6, 6.07) is 59.6. The van der Waals surface area contributed by atoms with Crippen LogP contribution in [0.4, 0.5) is 22.7 Å². The number of aryl methyl sites for hydroxylation is 2. The summed E-state index contributed by atoms with van der Waals surface area (Å²) in [5.41, 5.74) is 16.4. The van der Waals surface area contributed by atoms with Crippen LogP contribution >= 0.6 is 0 Å². The maximum absolute atomic E-state index is 7.03. The summed E-state index contributed by atoms with van der Waals surface area (Å²) in [6.07, 6.45) is 1.93. The van der Waals surface area contributed by atoms with Crippen molar-refractivity contribution in [3.63, 3.8) is 0 Å². The fourth-order valence-electron chi connectivity index (χ4n) is 9.54. The number of hydrogen-bond acceptors (Lipinski definition) is 4. The van der Waals surface area contributed by atoms with E-state index in [2.05, 4.69) is 247 Å². The van der Waals surface area contributed by atoms with Gasteiger partial charge in [0.15, 0.2) is 0 Å². The predicted molar refractivity (Wildman–Crippen MR) is 278 cm³/mol. The fourth-order valence-corrected chi connectivity index (χ4v) is 9.54. The molecular formula is C61H60N4O. The minimum atomic E-state index is -0.205. The van der Waals surface area contributed by atoms with Crippen molar-refractivity contribution in [3.05, 3.63) is 203 Å². The summed E-state index contributed by atoms with van der Waals surface area (Å²) in [5, 5.41) is 2.34. The summed E-state index contributed by atoms with van der Waals surface area (Å²) >= 11 is 0. The van der Waals surface area contributed by atoms with Crippen LogP contribution in [0.2, 0.25) is 0 Å². The van der Waals surface area contributed by atoms with Gasteiger partial charge in [-0.25, -0.2) is 4.98 Å². The fraction of sp³-hybridized carbons (Fsp3) is 0.230. The van der Waals surface area contributed by atoms with Crippen LogP contribution in [0.25, 0.3) is 38.8 Å². The molecule has 5 nitrogen and oxygen atoms in total. The van der Waals surface area contributed by atoms with Crippen LogP contribution in [0, 0.1) is 13.8 Å². The zero-order chi connectivity index (χ0) is 46.1. The van der Waals surface area contributed by atoms with Crippen LogP contribution in [0.15, 0.2) is 170 Å². The van der Waals surface area contributed by atoms with Gasteiger partial charge >= 0.3 is 0 Å². The van der Waals surface area contributed by atoms with E-state index < -0.39 is 0 Å². The van der Waals surface area contributed by atoms with Crippen molar-refractivity contribution >= 4 is 44.6 Å². The monoisotopic (exact) mass is 864 g/mol. The van der Waals surface area contributed by atoms with Crippen molar-refractivity contribution in [2.45, 2.75) is 85.5 Å². The Morgan fingerprint density at radius 2 is 1.06 bits per heavy atom. The summed E-state index contributed by atoms with van der Waals surface area (Å²) < 4.78 is 9.31. The number of fused-ring (bicyclic) bond motifs is 4. The maximum Gasteiger partial charge on any atom is 0.137 e. The van der Waals surface area contributed by atoms with Crippen molar-refractivity contribution in [2.24, 2.45) is 0 Å². The van der Waals surface area contributed by atoms with Crippen LogP contribution in [0.3, 0.4) is 0 Å². The van der Waals surface area contributed by atoms with Crippen molar-refractivity contribution in [3.8, 4) is 28.4 Å². The number of aromatic nitrogens is 2. The van der Waals surface area contributed by atoms with Gasteiger partial charge in [0.2, 0.25) is 0 Å². The molecule has 5 heteroatoms. The van der Waals surface area contributed by atoms with E-state index in [4.69, 9.17) is 9.72 Å². The zero-order valence-corrected chi connectivity index (χ0v) is 40.1. The summed E-state index contributed by atoms with van der Waals surface area (Å²) in [4.78, 5) is 9.89. The van der Waals surface area contributed by atoms with E-state index in [9.17, 15) is 0 Å². The lowest BCUT2D eigenvalue weighted by atomic mass is 9.75. The molecule has 0 spiro atoms. The van der Waals surface area contributed by atoms with Crippen LogP contribution in [0.1, 0.15) is 88.8 Å². The first-order valence-corrected chi connectivity index (χ1v) is 23.3. The Labute approximate surface area is 391 Å². The van der Waals surface area contributed by atoms with Gasteiger partial charge in [0.05, 0.1) is 22.4 Å². The molecule has 3 heterocycles. The van der Waals surface area contributed by atoms with Crippen molar-refractivity contribution in [2.75, 3.05) is 16.5 Å². The molecule has 7 aromatic carbocycles. The van der Waals surface area contributed by atoms with Gasteiger partial charge in [-0.3, -0.25) is 4.57 Å². The van der Waals surface area contributed by atoms with Crippen LogP contribution in [-0.4, -0.2) is 16.2 Å². The van der Waals surface area contributed by atoms with Gasteiger partial charge in [0.25, 0.3) is 0 Å². The highest BCUT2D eigenvalue weighted by molar-refractivity contribution is 6.09. The second-order valence-corrected chi connectivity index (χ2v) is 20.8. The Bertz CT molecular complexity index is 3280. The van der Waals surface area contributed by atoms with Gasteiger partial charge < -0.3 is 14.5 Å². The highest BCUT2D eigenvalue weighted by Crippen LogP contribution is 2.49. The molecule has 66 heavy (non-hydrogen) atoms. The molecule has 2 aromatic heterocycles. The van der Waals surface area contributed by atoms with Crippen molar-refractivity contribution in [1.29, 1.82) is 0 Å². The smallest absolute Gasteiger partial charge is 0.137 e. The molecule has 0 saturated heterocycles. The third-order valence-electron chi connectivity index (χ3n) is 13.8. The molecule has 0 fully saturated rings. The second kappa shape index (κ2) is 16.1. The SMILES string of the molecule is Cc1cc2c(cc1C)N(c1cc(C(C)(C)C)cc(C(C)(C)c3ccccc3)c1)CN2c1cc(Oc2ccc3c4ccccc4n(-c4cc(C(C)(C)C)ccn4)c3c2)cc(-c2ccccc2)c1. The number of rotatable bonds is 8. The van der Waals surface area contributed by atoms with Gasteiger partial charge in [-0.1, -0.05) is 140 Å². The average molecular weight is 865 g/mol. The van der Waals surface area contributed by atoms with E-state index in [-0.39, 0.29) is 16.2 Å². The van der Waals surface area contributed by atoms with Crippen molar-refractivity contribution in [1.82, 2.24) is 9.55 Å². The lowest BCUT2D eigenvalue weighted by Gasteiger charge is -2.32. The molecule has 0 saturated carbocycles. The molecule has 1 aliphatic rings. The lowest BCUT2D eigenvalue weighted by molar-refractivity contribution is 0.483. The van der Waals surface area contributed by atoms with Gasteiger partial charge in [0.1, 0.15) is 24.0 Å². The topological polar surface area (TPSA) is 33.5 Å². The third kappa shape index (κ3) is 7.81. The lowest BCUT2D eigenvalue weighted by Crippen LogP contribution is -2.26. The molecule has 10 rings (SSSR count). The van der Waals surface area contributed by atoms with E-state index in [1.54, 1.807) is 0 Å². The van der Waals surface area contributed by atoms with Crippen molar-refractivity contribution < 1.29 is 4.74 Å². The third-order valence-corrected chi connectivity index (χ3v) is 13.8. The molecule has 1 aliphatic heterocycles. The minimum absolute atomic E-state index is 0.0186. The Balaban J connectivity index is 1.10. The molecule has 0 bridgehead atoms. The largest absolute Gasteiger partial charge is 0.457 e. The number of ether oxygens (including phenoxy) is 1. The molecule has 0 atom stereocenters. The highest BCUT2D eigenvalue weighted by Gasteiger charge is 2.33. The Morgan fingerprint density at radius 1 is 0.455 bits per heavy atom. The standard InChI is InChI=1S/C61H60N4O/c1-40-29-56-57(30-41(40)2)64(49-34-46(60(6,7)8)33-47(35-49)61(9,10)44-21-15-12-16-22-44)39-63(56)48-31-43(42-19-13-11-14-20-42)32-51(37-48)66-50-25-26-53-52-23-17-18-24-54(52)65(55(53)38-50)58-36-45(27-28-62-58)59(3,4)5/h11-38H,39H2,1-10H3. The van der Waals surface area contributed by atoms with Crippen LogP contribution < -0.4 is 14.5 Å². The van der Waals surface area contributed by atoms with E-state index in [0.29, 0.717) is 6.67 Å². The molecule has 9 aromatic rings. The first-order chi connectivity index (χ1) is 31.5. The predicted octanol–water partition coefficient (Wildman–Crippen LogP) is 16.4. The van der Waals surface area contributed by atoms with E-state index in [1.165, 1.54) is 55.8 Å². The van der Waals surface area contributed by atoms with E-state index in [1.807, 2.05) is 6.20 Å². The second-order valence-electron chi connectivity index (χ2n) is 20.8. The summed E-state index contributed by atoms with van der Waals surface area (Å²) in [7, 11) is 0. The Kier molecular flexibility index (Phi) is 10.4. The summed E-state index contributed by atoms with van der Waals surface area (Å²) in [6.45, 7) is 23.5. The number of benzene rings is 7. The Hall–Kier alpha value is -7.11. The van der Waals surface area contributed by atoms with Gasteiger partial charge in [-0.2, -0.15) is 0 Å². The first-order valence-electron chi connectivity index (χ1n) is 23.3. The van der Waals surface area contributed by atoms with Crippen LogP contribution in [-0.2, 0) is 16.2 Å². The molecule has 0 N–H and O–H groups in total. The molecular weight excluding hydrogens is 805 g/mol. The first kappa shape index (κ1) is 42.8. The molecule has 330 valence electrons. The van der Waals surface area contributed by atoms with Gasteiger partial charge in [0, 0.05) is 45.9 Å². The number of hydrogen-bond donors (Lipinski definition) is 0. The Morgan fingerprint density at radius 3 is 1.74 bits per heavy atom. The molecule has 0 radical (unpaired) electrons. The maximum atomic E-state index is 7.03. The van der Waals surface area contributed by atoms with Gasteiger partial charge in [-0.15, -0.1) is 0 Å². The van der Waals surface area contributed by atoms with Crippen LogP contribution in [0.5, 0.6) is 11.5 Å².